The van der Waals surface area contributed by atoms with Gasteiger partial charge in [0.05, 0.1) is 26.4 Å². The van der Waals surface area contributed by atoms with Crippen molar-refractivity contribution in [2.45, 2.75) is 503 Å². The summed E-state index contributed by atoms with van der Waals surface area (Å²) < 4.78 is 69.0. The standard InChI is InChI=1S/C90H176O17P2/c1-7-10-12-14-16-18-20-22-24-26-31-35-39-43-47-54-60-66-72-87(92)100-78-85(106-89(94)74-69-63-57-49-45-41-37-33-29-28-30-34-38-42-46-53-59-65-71-83(6)9-3)80-104-108(96,97)102-76-84(91)77-103-109(98,99)105-81-86(79-101-88(93)73-67-61-55-51-50-52-58-64-70-82(4)5)107-90(95)75-68-62-56-48-44-40-36-32-27-25-23-21-19-17-15-13-11-8-2/h82-86,91H,7-81H2,1-6H3,(H,96,97)(H,98,99)/t83?,84-,85-,86-/m1/s1. The van der Waals surface area contributed by atoms with Crippen molar-refractivity contribution in [1.82, 2.24) is 0 Å². The highest BCUT2D eigenvalue weighted by molar-refractivity contribution is 7.47. The maximum Gasteiger partial charge on any atom is 0.472 e. The third-order valence-corrected chi connectivity index (χ3v) is 23.5. The zero-order valence-electron chi connectivity index (χ0n) is 71.9. The van der Waals surface area contributed by atoms with Crippen molar-refractivity contribution < 1.29 is 80.2 Å². The molecule has 0 aromatic heterocycles. The maximum atomic E-state index is 13.2. The second-order valence-corrected chi connectivity index (χ2v) is 36.0. The lowest BCUT2D eigenvalue weighted by Gasteiger charge is -2.21. The highest BCUT2D eigenvalue weighted by atomic mass is 31.2. The van der Waals surface area contributed by atoms with Crippen LogP contribution in [0.4, 0.5) is 0 Å². The number of phosphoric acid groups is 2. The van der Waals surface area contributed by atoms with E-state index in [2.05, 4.69) is 41.5 Å². The van der Waals surface area contributed by atoms with Crippen LogP contribution in [0.2, 0.25) is 0 Å². The van der Waals surface area contributed by atoms with Gasteiger partial charge in [-0.3, -0.25) is 37.3 Å². The van der Waals surface area contributed by atoms with E-state index in [9.17, 15) is 43.2 Å². The first-order valence-corrected chi connectivity index (χ1v) is 49.5. The summed E-state index contributed by atoms with van der Waals surface area (Å²) in [6, 6.07) is 0. The predicted molar refractivity (Wildman–Crippen MR) is 451 cm³/mol. The number of hydrogen-bond acceptors (Lipinski definition) is 15. The summed E-state index contributed by atoms with van der Waals surface area (Å²) in [6.07, 6.45) is 75.1. The number of aliphatic hydroxyl groups excluding tert-OH is 1. The van der Waals surface area contributed by atoms with Crippen molar-refractivity contribution in [2.24, 2.45) is 11.8 Å². The van der Waals surface area contributed by atoms with Gasteiger partial charge in [-0.1, -0.05) is 433 Å². The van der Waals surface area contributed by atoms with Gasteiger partial charge in [-0.05, 0) is 37.5 Å². The molecule has 3 N–H and O–H groups in total. The smallest absolute Gasteiger partial charge is 0.462 e. The lowest BCUT2D eigenvalue weighted by molar-refractivity contribution is -0.161. The fraction of sp³-hybridized carbons (Fsp3) is 0.956. The number of esters is 4. The van der Waals surface area contributed by atoms with Crippen LogP contribution < -0.4 is 0 Å². The molecule has 648 valence electrons. The third kappa shape index (κ3) is 82.4. The Kier molecular flexibility index (Phi) is 79.8. The second kappa shape index (κ2) is 81.2. The Labute approximate surface area is 670 Å². The Morgan fingerprint density at radius 1 is 0.266 bits per heavy atom. The van der Waals surface area contributed by atoms with Gasteiger partial charge >= 0.3 is 39.5 Å². The summed E-state index contributed by atoms with van der Waals surface area (Å²) in [5.74, 6) is -0.500. The van der Waals surface area contributed by atoms with Gasteiger partial charge in [0, 0.05) is 25.7 Å². The molecule has 3 unspecified atom stereocenters. The Morgan fingerprint density at radius 2 is 0.468 bits per heavy atom. The topological polar surface area (TPSA) is 237 Å². The number of carbonyl (C=O) groups excluding carboxylic acids is 4. The van der Waals surface area contributed by atoms with Gasteiger partial charge in [-0.15, -0.1) is 0 Å². The molecule has 6 atom stereocenters. The van der Waals surface area contributed by atoms with Crippen LogP contribution in [-0.4, -0.2) is 96.7 Å². The van der Waals surface area contributed by atoms with Gasteiger partial charge in [0.25, 0.3) is 0 Å². The van der Waals surface area contributed by atoms with E-state index in [4.69, 9.17) is 37.0 Å². The summed E-state index contributed by atoms with van der Waals surface area (Å²) in [6.45, 7) is 9.73. The molecule has 0 amide bonds. The van der Waals surface area contributed by atoms with E-state index >= 15 is 0 Å². The van der Waals surface area contributed by atoms with Gasteiger partial charge in [-0.25, -0.2) is 9.13 Å². The molecule has 0 aliphatic heterocycles. The fourth-order valence-electron chi connectivity index (χ4n) is 14.1. The molecular weight excluding hydrogens is 1410 g/mol. The zero-order chi connectivity index (χ0) is 79.9. The number of phosphoric ester groups is 2. The van der Waals surface area contributed by atoms with Crippen LogP contribution in [-0.2, 0) is 65.4 Å². The highest BCUT2D eigenvalue weighted by Gasteiger charge is 2.31. The first-order valence-electron chi connectivity index (χ1n) is 46.5. The summed E-state index contributed by atoms with van der Waals surface area (Å²) in [5, 5.41) is 10.7. The molecule has 0 rings (SSSR count). The summed E-state index contributed by atoms with van der Waals surface area (Å²) in [5.41, 5.74) is 0. The number of unbranched alkanes of at least 4 members (excludes halogenated alkanes) is 58. The molecule has 17 nitrogen and oxygen atoms in total. The van der Waals surface area contributed by atoms with Gasteiger partial charge in [0.2, 0.25) is 0 Å². The molecule has 0 heterocycles. The first-order chi connectivity index (χ1) is 52.9. The van der Waals surface area contributed by atoms with Crippen LogP contribution in [0.15, 0.2) is 0 Å². The van der Waals surface area contributed by atoms with Crippen LogP contribution in [0.25, 0.3) is 0 Å². The van der Waals surface area contributed by atoms with Crippen LogP contribution in [0.5, 0.6) is 0 Å². The van der Waals surface area contributed by atoms with Gasteiger partial charge in [-0.2, -0.15) is 0 Å². The second-order valence-electron chi connectivity index (χ2n) is 33.1. The number of aliphatic hydroxyl groups is 1. The van der Waals surface area contributed by atoms with E-state index in [0.717, 1.165) is 102 Å². The third-order valence-electron chi connectivity index (χ3n) is 21.6. The number of ether oxygens (including phenoxy) is 4. The SMILES string of the molecule is CCCCCCCCCCCCCCCCCCCCC(=O)OC[C@H](COP(=O)(O)OC[C@@H](O)COP(=O)(O)OC[C@@H](COC(=O)CCCCCCCCCCC(C)C)OC(=O)CCCCCCCCCCCCCCCCCCCC)OC(=O)CCCCCCCCCCCCCCCCCCCCC(C)CC. The van der Waals surface area contributed by atoms with Crippen molar-refractivity contribution in [3.05, 3.63) is 0 Å². The largest absolute Gasteiger partial charge is 0.472 e. The lowest BCUT2D eigenvalue weighted by atomic mass is 9.99. The lowest BCUT2D eigenvalue weighted by Crippen LogP contribution is -2.30. The molecule has 0 aliphatic rings. The van der Waals surface area contributed by atoms with Crippen molar-refractivity contribution in [3.63, 3.8) is 0 Å². The van der Waals surface area contributed by atoms with Crippen molar-refractivity contribution in [1.29, 1.82) is 0 Å². The molecule has 0 bridgehead atoms. The van der Waals surface area contributed by atoms with Crippen LogP contribution >= 0.6 is 15.6 Å². The number of rotatable bonds is 89. The van der Waals surface area contributed by atoms with Crippen molar-refractivity contribution in [2.75, 3.05) is 39.6 Å². The summed E-state index contributed by atoms with van der Waals surface area (Å²) in [4.78, 5) is 73.4. The minimum atomic E-state index is -4.97. The Hall–Kier alpha value is -1.94. The molecule has 109 heavy (non-hydrogen) atoms. The van der Waals surface area contributed by atoms with Crippen molar-refractivity contribution >= 4 is 39.5 Å². The number of carbonyl (C=O) groups is 4. The van der Waals surface area contributed by atoms with Crippen molar-refractivity contribution in [3.8, 4) is 0 Å². The number of hydrogen-bond donors (Lipinski definition) is 3. The van der Waals surface area contributed by atoms with Crippen LogP contribution in [0.1, 0.15) is 485 Å². The van der Waals surface area contributed by atoms with E-state index in [0.29, 0.717) is 25.7 Å². The Balaban J connectivity index is 5.23. The van der Waals surface area contributed by atoms with E-state index in [1.807, 2.05) is 0 Å². The normalized spacial score (nSPS) is 14.0. The predicted octanol–water partition coefficient (Wildman–Crippen LogP) is 27.8. The Bertz CT molecular complexity index is 2080. The average Bonchev–Trinajstić information content (AvgIpc) is 0.907. The molecular formula is C90H176O17P2. The first kappa shape index (κ1) is 107. The van der Waals surface area contributed by atoms with E-state index < -0.39 is 97.5 Å². The van der Waals surface area contributed by atoms with Gasteiger partial charge < -0.3 is 33.8 Å². The van der Waals surface area contributed by atoms with Crippen LogP contribution in [0, 0.1) is 11.8 Å². The van der Waals surface area contributed by atoms with E-state index in [1.54, 1.807) is 0 Å². The molecule has 19 heteroatoms. The zero-order valence-corrected chi connectivity index (χ0v) is 73.7. The monoisotopic (exact) mass is 1590 g/mol. The van der Waals surface area contributed by atoms with Crippen LogP contribution in [0.3, 0.4) is 0 Å². The van der Waals surface area contributed by atoms with Gasteiger partial charge in [0.1, 0.15) is 19.3 Å². The summed E-state index contributed by atoms with van der Waals surface area (Å²) >= 11 is 0. The minimum absolute atomic E-state index is 0.108. The molecule has 0 fully saturated rings. The molecule has 0 aromatic carbocycles. The highest BCUT2D eigenvalue weighted by Crippen LogP contribution is 2.45. The molecule has 0 saturated heterocycles. The molecule has 0 aliphatic carbocycles. The molecule has 0 saturated carbocycles. The quantitative estimate of drug-likeness (QED) is 0.0222. The maximum absolute atomic E-state index is 13.2. The Morgan fingerprint density at radius 3 is 0.697 bits per heavy atom. The van der Waals surface area contributed by atoms with E-state index in [1.165, 1.54) is 302 Å². The minimum Gasteiger partial charge on any atom is -0.462 e. The van der Waals surface area contributed by atoms with Gasteiger partial charge in [0.15, 0.2) is 12.2 Å². The molecule has 0 aromatic rings. The molecule has 0 radical (unpaired) electrons. The van der Waals surface area contributed by atoms with E-state index in [-0.39, 0.29) is 25.7 Å². The average molecular weight is 1590 g/mol. The molecule has 0 spiro atoms. The fourth-order valence-corrected chi connectivity index (χ4v) is 15.7. The summed E-state index contributed by atoms with van der Waals surface area (Å²) in [7, 11) is -9.93.